The Morgan fingerprint density at radius 3 is 2.62 bits per heavy atom. The van der Waals surface area contributed by atoms with Crippen molar-refractivity contribution < 1.29 is 14.6 Å². The van der Waals surface area contributed by atoms with Gasteiger partial charge in [0.2, 0.25) is 0 Å². The molecular formula is C20H29NO3. The average molecular weight is 331 g/mol. The van der Waals surface area contributed by atoms with Gasteiger partial charge in [-0.2, -0.15) is 0 Å². The van der Waals surface area contributed by atoms with Gasteiger partial charge >= 0.3 is 5.97 Å². The zero-order valence-corrected chi connectivity index (χ0v) is 14.7. The molecule has 0 spiro atoms. The molecule has 1 aliphatic carbocycles. The molecule has 1 N–H and O–H groups in total. The monoisotopic (exact) mass is 331 g/mol. The molecule has 2 fully saturated rings. The number of carboxylic acid groups (broad SMARTS) is 1. The minimum atomic E-state index is -0.673. The van der Waals surface area contributed by atoms with Gasteiger partial charge in [-0.15, -0.1) is 0 Å². The number of likely N-dealkylation sites (tertiary alicyclic amines) is 1. The van der Waals surface area contributed by atoms with Crippen molar-refractivity contribution in [3.8, 4) is 5.75 Å². The van der Waals surface area contributed by atoms with Crippen LogP contribution >= 0.6 is 0 Å². The zero-order chi connectivity index (χ0) is 16.9. The number of ether oxygens (including phenoxy) is 1. The fraction of sp³-hybridized carbons (Fsp3) is 0.650. The lowest BCUT2D eigenvalue weighted by Crippen LogP contribution is -2.49. The Balaban J connectivity index is 1.53. The van der Waals surface area contributed by atoms with Crippen LogP contribution in [0.2, 0.25) is 0 Å². The van der Waals surface area contributed by atoms with Gasteiger partial charge in [0.05, 0.1) is 12.5 Å². The molecule has 4 nitrogen and oxygen atoms in total. The third-order valence-corrected chi connectivity index (χ3v) is 5.47. The lowest BCUT2D eigenvalue weighted by Gasteiger charge is -2.37. The van der Waals surface area contributed by atoms with Crippen LogP contribution in [-0.4, -0.2) is 35.7 Å². The van der Waals surface area contributed by atoms with E-state index in [2.05, 4.69) is 30.0 Å². The van der Waals surface area contributed by atoms with Crippen molar-refractivity contribution in [2.75, 3.05) is 19.7 Å². The van der Waals surface area contributed by atoms with Crippen LogP contribution in [0.5, 0.6) is 5.75 Å². The number of hydrogen-bond donors (Lipinski definition) is 1. The zero-order valence-electron chi connectivity index (χ0n) is 14.7. The van der Waals surface area contributed by atoms with Crippen LogP contribution in [-0.2, 0) is 17.8 Å². The van der Waals surface area contributed by atoms with Crippen molar-refractivity contribution in [1.82, 2.24) is 4.90 Å². The molecule has 0 aromatic heterocycles. The Morgan fingerprint density at radius 2 is 1.96 bits per heavy atom. The first-order chi connectivity index (χ1) is 11.7. The minimum absolute atomic E-state index is 0.187. The van der Waals surface area contributed by atoms with E-state index in [4.69, 9.17) is 9.84 Å². The van der Waals surface area contributed by atoms with E-state index in [1.54, 1.807) is 0 Å². The molecule has 1 saturated carbocycles. The second-order valence-electron chi connectivity index (χ2n) is 7.33. The summed E-state index contributed by atoms with van der Waals surface area (Å²) in [6.07, 6.45) is 7.66. The molecule has 0 amide bonds. The number of nitrogens with zero attached hydrogens (tertiary/aromatic N) is 1. The van der Waals surface area contributed by atoms with Gasteiger partial charge in [-0.3, -0.25) is 9.69 Å². The second kappa shape index (κ2) is 8.02. The van der Waals surface area contributed by atoms with Crippen LogP contribution in [0.1, 0.15) is 50.2 Å². The largest absolute Gasteiger partial charge is 0.493 e. The van der Waals surface area contributed by atoms with Crippen molar-refractivity contribution in [3.63, 3.8) is 0 Å². The van der Waals surface area contributed by atoms with Crippen LogP contribution in [0.15, 0.2) is 18.2 Å². The third-order valence-electron chi connectivity index (χ3n) is 5.47. The number of aryl methyl sites for hydroxylation is 1. The quantitative estimate of drug-likeness (QED) is 0.827. The second-order valence-corrected chi connectivity index (χ2v) is 7.33. The Morgan fingerprint density at radius 1 is 1.21 bits per heavy atom. The molecule has 0 bridgehead atoms. The number of aliphatic carboxylic acids is 1. The van der Waals surface area contributed by atoms with Crippen molar-refractivity contribution in [2.45, 2.75) is 52.0 Å². The average Bonchev–Trinajstić information content (AvgIpc) is 2.57. The molecule has 1 saturated heterocycles. The van der Waals surface area contributed by atoms with Crippen molar-refractivity contribution in [1.29, 1.82) is 0 Å². The summed E-state index contributed by atoms with van der Waals surface area (Å²) in [6.45, 7) is 5.18. The Hall–Kier alpha value is -1.55. The molecular weight excluding hydrogens is 302 g/mol. The maximum Gasteiger partial charge on any atom is 0.309 e. The van der Waals surface area contributed by atoms with Crippen LogP contribution in [0.3, 0.4) is 0 Å². The van der Waals surface area contributed by atoms with Gasteiger partial charge in [0, 0.05) is 19.6 Å². The molecule has 0 atom stereocenters. The molecule has 1 aliphatic heterocycles. The van der Waals surface area contributed by atoms with Crippen LogP contribution < -0.4 is 4.74 Å². The molecule has 1 heterocycles. The third kappa shape index (κ3) is 4.29. The smallest absolute Gasteiger partial charge is 0.309 e. The summed E-state index contributed by atoms with van der Waals surface area (Å²) in [4.78, 5) is 13.1. The summed E-state index contributed by atoms with van der Waals surface area (Å²) in [5.41, 5.74) is 2.61. The highest BCUT2D eigenvalue weighted by atomic mass is 16.5. The molecule has 1 aromatic carbocycles. The number of hydrogen-bond acceptors (Lipinski definition) is 3. The molecule has 0 radical (unpaired) electrons. The Bertz CT molecular complexity index is 560. The summed E-state index contributed by atoms with van der Waals surface area (Å²) in [6, 6.07) is 6.40. The normalized spacial score (nSPS) is 19.9. The van der Waals surface area contributed by atoms with E-state index in [0.717, 1.165) is 31.2 Å². The van der Waals surface area contributed by atoms with Gasteiger partial charge in [0.15, 0.2) is 0 Å². The summed E-state index contributed by atoms with van der Waals surface area (Å²) < 4.78 is 6.05. The summed E-state index contributed by atoms with van der Waals surface area (Å²) in [5, 5.41) is 8.98. The van der Waals surface area contributed by atoms with E-state index in [9.17, 15) is 4.79 Å². The first-order valence-corrected chi connectivity index (χ1v) is 9.35. The van der Waals surface area contributed by atoms with Gasteiger partial charge < -0.3 is 9.84 Å². The Labute approximate surface area is 144 Å². The molecule has 0 unspecified atom stereocenters. The lowest BCUT2D eigenvalue weighted by molar-refractivity contribution is -0.147. The summed E-state index contributed by atoms with van der Waals surface area (Å²) in [5.74, 6) is 0.840. The van der Waals surface area contributed by atoms with Gasteiger partial charge in [0.25, 0.3) is 0 Å². The Kier molecular flexibility index (Phi) is 5.77. The molecule has 4 heteroatoms. The number of benzene rings is 1. The minimum Gasteiger partial charge on any atom is -0.493 e. The van der Waals surface area contributed by atoms with E-state index < -0.39 is 5.97 Å². The molecule has 3 rings (SSSR count). The van der Waals surface area contributed by atoms with E-state index in [-0.39, 0.29) is 5.92 Å². The number of rotatable bonds is 7. The maximum atomic E-state index is 10.9. The molecule has 1 aromatic rings. The number of carboxylic acids is 1. The molecule has 24 heavy (non-hydrogen) atoms. The van der Waals surface area contributed by atoms with Gasteiger partial charge in [0.1, 0.15) is 5.75 Å². The van der Waals surface area contributed by atoms with E-state index in [1.165, 1.54) is 43.2 Å². The van der Waals surface area contributed by atoms with E-state index >= 15 is 0 Å². The molecule has 2 aliphatic rings. The first-order valence-electron chi connectivity index (χ1n) is 9.35. The SMILES string of the molecule is CCc1cc(OCC2CCCCC2)ccc1CN1CC(C(=O)O)C1. The predicted octanol–water partition coefficient (Wildman–Crippen LogP) is 3.72. The lowest BCUT2D eigenvalue weighted by atomic mass is 9.90. The predicted molar refractivity (Wildman–Crippen MR) is 94.3 cm³/mol. The highest BCUT2D eigenvalue weighted by molar-refractivity contribution is 5.71. The van der Waals surface area contributed by atoms with Crippen molar-refractivity contribution in [3.05, 3.63) is 29.3 Å². The van der Waals surface area contributed by atoms with Crippen LogP contribution in [0.25, 0.3) is 0 Å². The van der Waals surface area contributed by atoms with Gasteiger partial charge in [-0.05, 0) is 48.4 Å². The first kappa shape index (κ1) is 17.3. The fourth-order valence-electron chi connectivity index (χ4n) is 3.84. The van der Waals surface area contributed by atoms with E-state index in [1.807, 2.05) is 0 Å². The van der Waals surface area contributed by atoms with Crippen molar-refractivity contribution >= 4 is 5.97 Å². The summed E-state index contributed by atoms with van der Waals surface area (Å²) in [7, 11) is 0. The van der Waals surface area contributed by atoms with Gasteiger partial charge in [-0.1, -0.05) is 32.3 Å². The van der Waals surface area contributed by atoms with Gasteiger partial charge in [-0.25, -0.2) is 0 Å². The molecule has 132 valence electrons. The summed E-state index contributed by atoms with van der Waals surface area (Å²) >= 11 is 0. The maximum absolute atomic E-state index is 10.9. The highest BCUT2D eigenvalue weighted by Crippen LogP contribution is 2.27. The fourth-order valence-corrected chi connectivity index (χ4v) is 3.84. The van der Waals surface area contributed by atoms with Crippen LogP contribution in [0, 0.1) is 11.8 Å². The number of carbonyl (C=O) groups is 1. The topological polar surface area (TPSA) is 49.8 Å². The van der Waals surface area contributed by atoms with Crippen LogP contribution in [0.4, 0.5) is 0 Å². The van der Waals surface area contributed by atoms with E-state index in [0.29, 0.717) is 13.1 Å². The standard InChI is InChI=1S/C20H29NO3/c1-2-16-10-19(24-14-15-6-4-3-5-7-15)9-8-17(16)11-21-12-18(13-21)20(22)23/h8-10,15,18H,2-7,11-14H2,1H3,(H,22,23). The highest BCUT2D eigenvalue weighted by Gasteiger charge is 2.32. The van der Waals surface area contributed by atoms with Crippen molar-refractivity contribution in [2.24, 2.45) is 11.8 Å².